The van der Waals surface area contributed by atoms with Crippen LogP contribution in [0.5, 0.6) is 0 Å². The van der Waals surface area contributed by atoms with E-state index < -0.39 is 0 Å². The Morgan fingerprint density at radius 2 is 1.96 bits per heavy atom. The second-order valence-corrected chi connectivity index (χ2v) is 6.56. The van der Waals surface area contributed by atoms with Crippen LogP contribution < -0.4 is 11.1 Å². The van der Waals surface area contributed by atoms with Gasteiger partial charge in [0, 0.05) is 37.8 Å². The van der Waals surface area contributed by atoms with Gasteiger partial charge in [0.1, 0.15) is 0 Å². The molecular formula is C18H22IN5S. The highest BCUT2D eigenvalue weighted by atomic mass is 127. The summed E-state index contributed by atoms with van der Waals surface area (Å²) >= 11 is 1.75. The van der Waals surface area contributed by atoms with E-state index in [-0.39, 0.29) is 24.0 Å². The minimum absolute atomic E-state index is 0. The van der Waals surface area contributed by atoms with Crippen molar-refractivity contribution in [3.8, 4) is 0 Å². The number of pyridine rings is 1. The summed E-state index contributed by atoms with van der Waals surface area (Å²) in [5.74, 6) is 0.496. The van der Waals surface area contributed by atoms with Crippen LogP contribution >= 0.6 is 35.3 Å². The molecule has 0 radical (unpaired) electrons. The largest absolute Gasteiger partial charge is 0.370 e. The maximum atomic E-state index is 5.88. The molecule has 0 atom stereocenters. The third kappa shape index (κ3) is 6.24. The summed E-state index contributed by atoms with van der Waals surface area (Å²) in [7, 11) is 0. The van der Waals surface area contributed by atoms with E-state index in [1.54, 1.807) is 17.5 Å². The van der Waals surface area contributed by atoms with Gasteiger partial charge in [-0.15, -0.1) is 35.3 Å². The SMILES string of the molecule is I.NC(=NCCCc1nc2ccccc2s1)NCCc1ccccn1. The number of thiazole rings is 1. The maximum Gasteiger partial charge on any atom is 0.188 e. The van der Waals surface area contributed by atoms with Gasteiger partial charge in [-0.1, -0.05) is 18.2 Å². The summed E-state index contributed by atoms with van der Waals surface area (Å²) in [4.78, 5) is 13.3. The molecule has 3 N–H and O–H groups in total. The first kappa shape index (κ1) is 19.6. The Bertz CT molecular complexity index is 770. The fourth-order valence-corrected chi connectivity index (χ4v) is 3.39. The predicted octanol–water partition coefficient (Wildman–Crippen LogP) is 3.39. The van der Waals surface area contributed by atoms with Crippen molar-refractivity contribution in [3.63, 3.8) is 0 Å². The molecule has 0 saturated carbocycles. The lowest BCUT2D eigenvalue weighted by Gasteiger charge is -2.05. The molecule has 132 valence electrons. The smallest absolute Gasteiger partial charge is 0.188 e. The molecule has 3 rings (SSSR count). The van der Waals surface area contributed by atoms with Gasteiger partial charge < -0.3 is 11.1 Å². The quantitative estimate of drug-likeness (QED) is 0.242. The molecule has 0 fully saturated rings. The molecule has 0 aliphatic rings. The standard InChI is InChI=1S/C18H21N5S.HI/c19-18(22-13-10-14-6-3-4-11-20-14)21-12-5-9-17-23-15-7-1-2-8-16(15)24-17;/h1-4,6-8,11H,5,9-10,12-13H2,(H3,19,21,22);1H. The number of guanidine groups is 1. The van der Waals surface area contributed by atoms with Crippen molar-refractivity contribution in [2.75, 3.05) is 13.1 Å². The third-order valence-electron chi connectivity index (χ3n) is 3.58. The van der Waals surface area contributed by atoms with Crippen molar-refractivity contribution >= 4 is 51.5 Å². The highest BCUT2D eigenvalue weighted by Gasteiger charge is 2.02. The van der Waals surface area contributed by atoms with E-state index in [9.17, 15) is 0 Å². The van der Waals surface area contributed by atoms with Gasteiger partial charge in [0.25, 0.3) is 0 Å². The lowest BCUT2D eigenvalue weighted by atomic mass is 10.3. The van der Waals surface area contributed by atoms with Crippen molar-refractivity contribution in [3.05, 3.63) is 59.4 Å². The van der Waals surface area contributed by atoms with Gasteiger partial charge in [-0.25, -0.2) is 4.98 Å². The van der Waals surface area contributed by atoms with Gasteiger partial charge in [-0.2, -0.15) is 0 Å². The van der Waals surface area contributed by atoms with E-state index >= 15 is 0 Å². The monoisotopic (exact) mass is 467 g/mol. The average Bonchev–Trinajstić information content (AvgIpc) is 3.02. The number of hydrogen-bond acceptors (Lipinski definition) is 4. The number of hydrogen-bond donors (Lipinski definition) is 2. The number of nitrogens with two attached hydrogens (primary N) is 1. The average molecular weight is 467 g/mol. The van der Waals surface area contributed by atoms with Gasteiger partial charge in [-0.3, -0.25) is 9.98 Å². The number of rotatable bonds is 7. The first-order chi connectivity index (χ1) is 11.8. The van der Waals surface area contributed by atoms with Crippen LogP contribution in [0.15, 0.2) is 53.7 Å². The number of aryl methyl sites for hydroxylation is 1. The summed E-state index contributed by atoms with van der Waals surface area (Å²) in [6.45, 7) is 1.45. The minimum atomic E-state index is 0. The molecular weight excluding hydrogens is 445 g/mol. The van der Waals surface area contributed by atoms with E-state index in [2.05, 4.69) is 32.4 Å². The molecule has 0 amide bonds. The Morgan fingerprint density at radius 1 is 1.12 bits per heavy atom. The normalized spacial score (nSPS) is 11.3. The van der Waals surface area contributed by atoms with Gasteiger partial charge in [0.2, 0.25) is 0 Å². The van der Waals surface area contributed by atoms with Crippen molar-refractivity contribution in [2.24, 2.45) is 10.7 Å². The summed E-state index contributed by atoms with van der Waals surface area (Å²) in [6.07, 6.45) is 4.52. The number of aliphatic imine (C=N–C) groups is 1. The van der Waals surface area contributed by atoms with Crippen molar-refractivity contribution in [2.45, 2.75) is 19.3 Å². The summed E-state index contributed by atoms with van der Waals surface area (Å²) in [5, 5.41) is 4.29. The molecule has 1 aromatic carbocycles. The number of benzene rings is 1. The van der Waals surface area contributed by atoms with Gasteiger partial charge in [-0.05, 0) is 30.7 Å². The van der Waals surface area contributed by atoms with Crippen molar-refractivity contribution < 1.29 is 0 Å². The fraction of sp³-hybridized carbons (Fsp3) is 0.278. The van der Waals surface area contributed by atoms with Crippen LogP contribution in [0.1, 0.15) is 17.1 Å². The van der Waals surface area contributed by atoms with Crippen LogP contribution in [0.2, 0.25) is 0 Å². The van der Waals surface area contributed by atoms with E-state index in [4.69, 9.17) is 5.73 Å². The number of halogens is 1. The van der Waals surface area contributed by atoms with E-state index in [1.807, 2.05) is 30.3 Å². The summed E-state index contributed by atoms with van der Waals surface area (Å²) in [5.41, 5.74) is 8.01. The molecule has 25 heavy (non-hydrogen) atoms. The Balaban J connectivity index is 0.00000225. The number of nitrogens with one attached hydrogen (secondary N) is 1. The summed E-state index contributed by atoms with van der Waals surface area (Å²) in [6, 6.07) is 14.1. The molecule has 0 aliphatic heterocycles. The zero-order valence-electron chi connectivity index (χ0n) is 13.9. The zero-order chi connectivity index (χ0) is 16.6. The molecule has 0 unspecified atom stereocenters. The third-order valence-corrected chi connectivity index (χ3v) is 4.68. The first-order valence-corrected chi connectivity index (χ1v) is 8.91. The van der Waals surface area contributed by atoms with Crippen LogP contribution in [-0.2, 0) is 12.8 Å². The molecule has 0 spiro atoms. The van der Waals surface area contributed by atoms with E-state index in [0.29, 0.717) is 12.5 Å². The molecule has 0 bridgehead atoms. The number of nitrogens with zero attached hydrogens (tertiary/aromatic N) is 3. The predicted molar refractivity (Wildman–Crippen MR) is 116 cm³/mol. The Morgan fingerprint density at radius 3 is 2.76 bits per heavy atom. The first-order valence-electron chi connectivity index (χ1n) is 8.09. The van der Waals surface area contributed by atoms with Crippen LogP contribution in [0.25, 0.3) is 10.2 Å². The Labute approximate surface area is 168 Å². The number of aromatic nitrogens is 2. The number of para-hydroxylation sites is 1. The Hall–Kier alpha value is -1.74. The van der Waals surface area contributed by atoms with Crippen LogP contribution in [0.4, 0.5) is 0 Å². The molecule has 0 saturated heterocycles. The van der Waals surface area contributed by atoms with Crippen LogP contribution in [-0.4, -0.2) is 29.0 Å². The minimum Gasteiger partial charge on any atom is -0.370 e. The highest BCUT2D eigenvalue weighted by molar-refractivity contribution is 14.0. The van der Waals surface area contributed by atoms with E-state index in [0.717, 1.165) is 42.0 Å². The lowest BCUT2D eigenvalue weighted by Crippen LogP contribution is -2.33. The van der Waals surface area contributed by atoms with Crippen LogP contribution in [0.3, 0.4) is 0 Å². The van der Waals surface area contributed by atoms with Crippen molar-refractivity contribution in [1.82, 2.24) is 15.3 Å². The highest BCUT2D eigenvalue weighted by Crippen LogP contribution is 2.22. The molecule has 5 nitrogen and oxygen atoms in total. The second-order valence-electron chi connectivity index (χ2n) is 5.44. The van der Waals surface area contributed by atoms with Crippen molar-refractivity contribution in [1.29, 1.82) is 0 Å². The van der Waals surface area contributed by atoms with Gasteiger partial charge >= 0.3 is 0 Å². The molecule has 2 heterocycles. The molecule has 3 aromatic rings. The summed E-state index contributed by atoms with van der Waals surface area (Å²) < 4.78 is 1.24. The molecule has 2 aromatic heterocycles. The zero-order valence-corrected chi connectivity index (χ0v) is 17.0. The van der Waals surface area contributed by atoms with Gasteiger partial charge in [0.05, 0.1) is 15.2 Å². The molecule has 7 heteroatoms. The van der Waals surface area contributed by atoms with E-state index in [1.165, 1.54) is 4.70 Å². The maximum absolute atomic E-state index is 5.88. The van der Waals surface area contributed by atoms with Crippen LogP contribution in [0, 0.1) is 0 Å². The fourth-order valence-electron chi connectivity index (χ4n) is 2.38. The van der Waals surface area contributed by atoms with Gasteiger partial charge in [0.15, 0.2) is 5.96 Å². The topological polar surface area (TPSA) is 76.2 Å². The second kappa shape index (κ2) is 10.3. The Kier molecular flexibility index (Phi) is 8.07. The lowest BCUT2D eigenvalue weighted by molar-refractivity contribution is 0.799. The number of fused-ring (bicyclic) bond motifs is 1. The molecule has 0 aliphatic carbocycles.